The first-order chi connectivity index (χ1) is 9.72. The van der Waals surface area contributed by atoms with Gasteiger partial charge in [-0.3, -0.25) is 0 Å². The lowest BCUT2D eigenvalue weighted by Gasteiger charge is -2.12. The van der Waals surface area contributed by atoms with Gasteiger partial charge in [0.25, 0.3) is 0 Å². The van der Waals surface area contributed by atoms with E-state index in [0.29, 0.717) is 6.54 Å². The summed E-state index contributed by atoms with van der Waals surface area (Å²) in [5.74, 6) is 0. The van der Waals surface area contributed by atoms with Crippen molar-refractivity contribution in [1.82, 2.24) is 4.57 Å². The molecule has 0 unspecified atom stereocenters. The lowest BCUT2D eigenvalue weighted by molar-refractivity contribution is 0.964. The van der Waals surface area contributed by atoms with Crippen molar-refractivity contribution in [2.24, 2.45) is 5.73 Å². The highest BCUT2D eigenvalue weighted by Crippen LogP contribution is 2.28. The second-order valence-electron chi connectivity index (χ2n) is 5.32. The Balaban J connectivity index is 2.31. The molecule has 0 aliphatic heterocycles. The molecule has 1 heterocycles. The maximum Gasteiger partial charge on any atom is 0.0531 e. The predicted octanol–water partition coefficient (Wildman–Crippen LogP) is 3.75. The van der Waals surface area contributed by atoms with E-state index in [-0.39, 0.29) is 0 Å². The zero-order valence-electron chi connectivity index (χ0n) is 12.1. The summed E-state index contributed by atoms with van der Waals surface area (Å²) in [5, 5.41) is 1.31. The number of hydrogen-bond acceptors (Lipinski definition) is 1. The molecule has 0 atom stereocenters. The number of benzene rings is 2. The highest BCUT2D eigenvalue weighted by molar-refractivity contribution is 5.86. The molecule has 102 valence electrons. The molecule has 2 N–H and O–H groups in total. The molecular formula is C18H20N2. The Morgan fingerprint density at radius 3 is 2.35 bits per heavy atom. The van der Waals surface area contributed by atoms with Crippen LogP contribution in [0.4, 0.5) is 0 Å². The van der Waals surface area contributed by atoms with E-state index >= 15 is 0 Å². The second kappa shape index (κ2) is 5.14. The van der Waals surface area contributed by atoms with Gasteiger partial charge < -0.3 is 10.3 Å². The molecule has 2 heteroatoms. The van der Waals surface area contributed by atoms with Gasteiger partial charge >= 0.3 is 0 Å². The lowest BCUT2D eigenvalue weighted by Crippen LogP contribution is -2.02. The molecule has 2 nitrogen and oxygen atoms in total. The molecule has 0 bridgehead atoms. The minimum atomic E-state index is 0.681. The maximum absolute atomic E-state index is 5.75. The zero-order valence-corrected chi connectivity index (χ0v) is 12.1. The minimum Gasteiger partial charge on any atom is -0.330 e. The summed E-state index contributed by atoms with van der Waals surface area (Å²) in [6.07, 6.45) is 3.16. The van der Waals surface area contributed by atoms with E-state index in [4.69, 9.17) is 5.73 Å². The van der Waals surface area contributed by atoms with Crippen molar-refractivity contribution in [3.63, 3.8) is 0 Å². The fourth-order valence-corrected chi connectivity index (χ4v) is 2.98. The fraction of sp³-hybridized carbons (Fsp3) is 0.222. The van der Waals surface area contributed by atoms with E-state index in [1.807, 2.05) is 0 Å². The van der Waals surface area contributed by atoms with Gasteiger partial charge in [0.15, 0.2) is 0 Å². The third-order valence-electron chi connectivity index (χ3n) is 3.89. The summed E-state index contributed by atoms with van der Waals surface area (Å²) in [5.41, 5.74) is 12.2. The predicted molar refractivity (Wildman–Crippen MR) is 85.5 cm³/mol. The first-order valence-electron chi connectivity index (χ1n) is 7.08. The van der Waals surface area contributed by atoms with Gasteiger partial charge in [-0.15, -0.1) is 0 Å². The number of aryl methyl sites for hydroxylation is 2. The summed E-state index contributed by atoms with van der Waals surface area (Å²) in [6.45, 7) is 5.01. The SMILES string of the molecule is Cc1cccc(C)c1-n1cc(CCN)c2ccccc21. The Hall–Kier alpha value is -2.06. The van der Waals surface area contributed by atoms with Gasteiger partial charge in [-0.05, 0) is 49.6 Å². The lowest BCUT2D eigenvalue weighted by atomic mass is 10.1. The van der Waals surface area contributed by atoms with Crippen molar-refractivity contribution in [3.05, 3.63) is 65.4 Å². The molecule has 0 amide bonds. The van der Waals surface area contributed by atoms with Crippen molar-refractivity contribution >= 4 is 10.9 Å². The van der Waals surface area contributed by atoms with Crippen LogP contribution in [0.5, 0.6) is 0 Å². The first kappa shape index (κ1) is 12.9. The van der Waals surface area contributed by atoms with Crippen LogP contribution in [0.25, 0.3) is 16.6 Å². The van der Waals surface area contributed by atoms with Gasteiger partial charge in [0.05, 0.1) is 11.2 Å². The summed E-state index contributed by atoms with van der Waals surface area (Å²) in [6, 6.07) is 15.0. The highest BCUT2D eigenvalue weighted by Gasteiger charge is 2.11. The minimum absolute atomic E-state index is 0.681. The largest absolute Gasteiger partial charge is 0.330 e. The molecule has 2 aromatic carbocycles. The van der Waals surface area contributed by atoms with Crippen LogP contribution < -0.4 is 5.73 Å². The van der Waals surface area contributed by atoms with Crippen molar-refractivity contribution < 1.29 is 0 Å². The van der Waals surface area contributed by atoms with Crippen molar-refractivity contribution in [2.75, 3.05) is 6.54 Å². The van der Waals surface area contributed by atoms with Crippen LogP contribution in [0, 0.1) is 13.8 Å². The number of fused-ring (bicyclic) bond motifs is 1. The second-order valence-corrected chi connectivity index (χ2v) is 5.32. The van der Waals surface area contributed by atoms with E-state index in [0.717, 1.165) is 6.42 Å². The molecule has 20 heavy (non-hydrogen) atoms. The summed E-state index contributed by atoms with van der Waals surface area (Å²) in [7, 11) is 0. The monoisotopic (exact) mass is 264 g/mol. The number of nitrogens with two attached hydrogens (primary N) is 1. The molecule has 0 aliphatic rings. The van der Waals surface area contributed by atoms with Crippen LogP contribution in [-0.2, 0) is 6.42 Å². The van der Waals surface area contributed by atoms with Gasteiger partial charge in [-0.2, -0.15) is 0 Å². The van der Waals surface area contributed by atoms with Crippen LogP contribution in [0.1, 0.15) is 16.7 Å². The van der Waals surface area contributed by atoms with Crippen LogP contribution in [0.2, 0.25) is 0 Å². The Morgan fingerprint density at radius 1 is 0.950 bits per heavy atom. The molecular weight excluding hydrogens is 244 g/mol. The highest BCUT2D eigenvalue weighted by atomic mass is 15.0. The standard InChI is InChI=1S/C18H20N2/c1-13-6-5-7-14(2)18(13)20-12-15(10-11-19)16-8-3-4-9-17(16)20/h3-9,12H,10-11,19H2,1-2H3. The average Bonchev–Trinajstić information content (AvgIpc) is 2.79. The van der Waals surface area contributed by atoms with E-state index in [2.05, 4.69) is 67.1 Å². The van der Waals surface area contributed by atoms with Gasteiger partial charge in [0, 0.05) is 11.6 Å². The van der Waals surface area contributed by atoms with E-state index in [1.165, 1.54) is 33.3 Å². The number of nitrogens with zero attached hydrogens (tertiary/aromatic N) is 1. The summed E-state index contributed by atoms with van der Waals surface area (Å²) in [4.78, 5) is 0. The molecule has 0 radical (unpaired) electrons. The fourth-order valence-electron chi connectivity index (χ4n) is 2.98. The zero-order chi connectivity index (χ0) is 14.1. The third kappa shape index (κ3) is 2.02. The summed E-state index contributed by atoms with van der Waals surface area (Å²) < 4.78 is 2.31. The third-order valence-corrected chi connectivity index (χ3v) is 3.89. The Labute approximate surface area is 119 Å². The Bertz CT molecular complexity index is 733. The first-order valence-corrected chi connectivity index (χ1v) is 7.08. The Kier molecular flexibility index (Phi) is 3.33. The average molecular weight is 264 g/mol. The van der Waals surface area contributed by atoms with Crippen molar-refractivity contribution in [1.29, 1.82) is 0 Å². The molecule has 0 aliphatic carbocycles. The smallest absolute Gasteiger partial charge is 0.0531 e. The molecule has 0 spiro atoms. The van der Waals surface area contributed by atoms with Crippen LogP contribution >= 0.6 is 0 Å². The molecule has 1 aromatic heterocycles. The topological polar surface area (TPSA) is 30.9 Å². The number of rotatable bonds is 3. The maximum atomic E-state index is 5.75. The van der Waals surface area contributed by atoms with Gasteiger partial charge in [0.1, 0.15) is 0 Å². The van der Waals surface area contributed by atoms with Gasteiger partial charge in [0.2, 0.25) is 0 Å². The molecule has 3 rings (SSSR count). The molecule has 0 saturated heterocycles. The van der Waals surface area contributed by atoms with Gasteiger partial charge in [-0.25, -0.2) is 0 Å². The van der Waals surface area contributed by atoms with E-state index in [9.17, 15) is 0 Å². The summed E-state index contributed by atoms with van der Waals surface area (Å²) >= 11 is 0. The van der Waals surface area contributed by atoms with Crippen LogP contribution in [0.15, 0.2) is 48.7 Å². The normalized spacial score (nSPS) is 11.2. The number of para-hydroxylation sites is 2. The van der Waals surface area contributed by atoms with E-state index < -0.39 is 0 Å². The molecule has 3 aromatic rings. The van der Waals surface area contributed by atoms with Crippen LogP contribution in [-0.4, -0.2) is 11.1 Å². The molecule has 0 saturated carbocycles. The van der Waals surface area contributed by atoms with Crippen molar-refractivity contribution in [3.8, 4) is 5.69 Å². The Morgan fingerprint density at radius 2 is 1.65 bits per heavy atom. The van der Waals surface area contributed by atoms with Crippen LogP contribution in [0.3, 0.4) is 0 Å². The number of aromatic nitrogens is 1. The van der Waals surface area contributed by atoms with E-state index in [1.54, 1.807) is 0 Å². The van der Waals surface area contributed by atoms with Gasteiger partial charge in [-0.1, -0.05) is 36.4 Å². The number of hydrogen-bond donors (Lipinski definition) is 1. The van der Waals surface area contributed by atoms with Crippen molar-refractivity contribution in [2.45, 2.75) is 20.3 Å². The molecule has 0 fully saturated rings. The quantitative estimate of drug-likeness (QED) is 0.767.